The van der Waals surface area contributed by atoms with Crippen molar-refractivity contribution in [2.24, 2.45) is 0 Å². The Morgan fingerprint density at radius 1 is 1.10 bits per heavy atom. The number of benzene rings is 2. The lowest BCUT2D eigenvalue weighted by Gasteiger charge is -2.44. The first-order valence-electron chi connectivity index (χ1n) is 11.1. The lowest BCUT2D eigenvalue weighted by molar-refractivity contribution is -0.146. The molecule has 1 aromatic heterocycles. The number of fused-ring (bicyclic) bond motifs is 1. The first-order valence-corrected chi connectivity index (χ1v) is 11.1. The minimum absolute atomic E-state index is 0.0947. The number of carboxylic acid groups (broad SMARTS) is 1. The fraction of sp³-hybridized carbons (Fsp3) is 0.423. The van der Waals surface area contributed by atoms with E-state index < -0.39 is 12.1 Å². The van der Waals surface area contributed by atoms with E-state index in [0.29, 0.717) is 5.56 Å². The Balaban J connectivity index is 1.95. The Kier molecular flexibility index (Phi) is 4.45. The van der Waals surface area contributed by atoms with Gasteiger partial charge in [-0.25, -0.2) is 4.79 Å². The molecule has 1 saturated carbocycles. The molecule has 1 spiro atoms. The number of hydrogen-bond acceptors (Lipinski definition) is 3. The molecular weight excluding hydrogens is 388 g/mol. The van der Waals surface area contributed by atoms with E-state index in [9.17, 15) is 15.0 Å². The van der Waals surface area contributed by atoms with Crippen LogP contribution in [0.4, 0.5) is 5.69 Å². The normalized spacial score (nSPS) is 18.2. The van der Waals surface area contributed by atoms with Crippen LogP contribution in [-0.2, 0) is 10.3 Å². The van der Waals surface area contributed by atoms with Crippen molar-refractivity contribution in [1.82, 2.24) is 4.57 Å². The highest BCUT2D eigenvalue weighted by Gasteiger charge is 2.44. The van der Waals surface area contributed by atoms with E-state index in [0.717, 1.165) is 39.9 Å². The fourth-order valence-electron chi connectivity index (χ4n) is 6.28. The first kappa shape index (κ1) is 20.1. The van der Waals surface area contributed by atoms with Crippen molar-refractivity contribution in [3.63, 3.8) is 0 Å². The van der Waals surface area contributed by atoms with Crippen molar-refractivity contribution >= 4 is 22.6 Å². The van der Waals surface area contributed by atoms with Crippen LogP contribution in [0.1, 0.15) is 54.2 Å². The number of carbonyl (C=O) groups is 1. The molecule has 1 atom stereocenters. The fourth-order valence-corrected chi connectivity index (χ4v) is 6.28. The van der Waals surface area contributed by atoms with Gasteiger partial charge in [0.2, 0.25) is 0 Å². The minimum Gasteiger partial charge on any atom is -0.479 e. The zero-order chi connectivity index (χ0) is 22.1. The number of hydrogen-bond donors (Lipinski definition) is 2. The SMILES string of the molecule is Cc1ccc(-c2c([C@H](O)C(=O)O)c(C)c3c4c2cc(C)n4C2(CCCC2)CN3C)cc1. The number of carboxylic acids is 1. The third kappa shape index (κ3) is 2.76. The summed E-state index contributed by atoms with van der Waals surface area (Å²) >= 11 is 0. The molecule has 3 aromatic rings. The molecule has 0 saturated heterocycles. The molecular formula is C26H30N2O3. The molecule has 31 heavy (non-hydrogen) atoms. The van der Waals surface area contributed by atoms with Crippen LogP contribution in [0, 0.1) is 20.8 Å². The van der Waals surface area contributed by atoms with Crippen molar-refractivity contribution in [3.05, 3.63) is 52.7 Å². The molecule has 0 bridgehead atoms. The molecule has 1 fully saturated rings. The summed E-state index contributed by atoms with van der Waals surface area (Å²) < 4.78 is 2.53. The average molecular weight is 419 g/mol. The Morgan fingerprint density at radius 2 is 1.74 bits per heavy atom. The van der Waals surface area contributed by atoms with Crippen molar-refractivity contribution in [2.45, 2.75) is 58.1 Å². The topological polar surface area (TPSA) is 65.7 Å². The van der Waals surface area contributed by atoms with Crippen LogP contribution < -0.4 is 4.90 Å². The van der Waals surface area contributed by atoms with Crippen LogP contribution in [0.15, 0.2) is 30.3 Å². The molecule has 2 aliphatic rings. The van der Waals surface area contributed by atoms with Crippen LogP contribution in [0.25, 0.3) is 22.0 Å². The number of rotatable bonds is 3. The lowest BCUT2D eigenvalue weighted by Crippen LogP contribution is -2.46. The predicted octanol–water partition coefficient (Wildman–Crippen LogP) is 5.07. The number of likely N-dealkylation sites (N-methyl/N-ethyl adjacent to an activating group) is 1. The summed E-state index contributed by atoms with van der Waals surface area (Å²) in [6.07, 6.45) is 3.24. The molecule has 5 heteroatoms. The Hall–Kier alpha value is -2.79. The van der Waals surface area contributed by atoms with Gasteiger partial charge < -0.3 is 19.7 Å². The zero-order valence-corrected chi connectivity index (χ0v) is 18.7. The maximum absolute atomic E-state index is 11.9. The molecule has 0 amide bonds. The molecule has 5 rings (SSSR count). The Morgan fingerprint density at radius 3 is 2.35 bits per heavy atom. The van der Waals surface area contributed by atoms with E-state index in [1.165, 1.54) is 36.9 Å². The summed E-state index contributed by atoms with van der Waals surface area (Å²) in [6.45, 7) is 7.08. The number of aromatic nitrogens is 1. The van der Waals surface area contributed by atoms with Gasteiger partial charge in [0.1, 0.15) is 0 Å². The monoisotopic (exact) mass is 418 g/mol. The maximum Gasteiger partial charge on any atom is 0.337 e. The molecule has 1 aliphatic carbocycles. The van der Waals surface area contributed by atoms with E-state index in [1.807, 2.05) is 38.1 Å². The van der Waals surface area contributed by atoms with Crippen molar-refractivity contribution in [3.8, 4) is 11.1 Å². The highest BCUT2D eigenvalue weighted by Crippen LogP contribution is 2.52. The Labute approximate surface area is 182 Å². The number of aryl methyl sites for hydroxylation is 2. The Bertz CT molecular complexity index is 1200. The summed E-state index contributed by atoms with van der Waals surface area (Å²) in [5.41, 5.74) is 7.83. The van der Waals surface area contributed by atoms with E-state index >= 15 is 0 Å². The van der Waals surface area contributed by atoms with Gasteiger partial charge in [-0.15, -0.1) is 0 Å². The number of aliphatic hydroxyl groups excluding tert-OH is 1. The van der Waals surface area contributed by atoms with E-state index in [4.69, 9.17) is 0 Å². The van der Waals surface area contributed by atoms with Gasteiger partial charge in [-0.2, -0.15) is 0 Å². The van der Waals surface area contributed by atoms with Crippen LogP contribution >= 0.6 is 0 Å². The molecule has 5 nitrogen and oxygen atoms in total. The number of anilines is 1. The largest absolute Gasteiger partial charge is 0.479 e. The summed E-state index contributed by atoms with van der Waals surface area (Å²) in [4.78, 5) is 14.2. The molecule has 2 aromatic carbocycles. The van der Waals surface area contributed by atoms with Crippen LogP contribution in [-0.4, -0.2) is 34.3 Å². The first-order chi connectivity index (χ1) is 14.7. The van der Waals surface area contributed by atoms with Gasteiger partial charge in [-0.05, 0) is 56.4 Å². The quantitative estimate of drug-likeness (QED) is 0.623. The van der Waals surface area contributed by atoms with Crippen molar-refractivity contribution < 1.29 is 15.0 Å². The standard InChI is InChI=1S/C26H30N2O3/c1-15-7-9-18(10-8-15)21-19-13-16(2)28-23(19)22(17(3)20(21)24(29)25(30)31)27(4)14-26(28)11-5-6-12-26/h7-10,13,24,29H,5-6,11-12,14H2,1-4H3,(H,30,31)/t24-/m0/s1. The molecule has 162 valence electrons. The summed E-state index contributed by atoms with van der Waals surface area (Å²) in [6, 6.07) is 10.4. The highest BCUT2D eigenvalue weighted by molar-refractivity contribution is 6.07. The highest BCUT2D eigenvalue weighted by atomic mass is 16.4. The van der Waals surface area contributed by atoms with Gasteiger partial charge in [0.15, 0.2) is 6.10 Å². The van der Waals surface area contributed by atoms with E-state index in [-0.39, 0.29) is 5.54 Å². The van der Waals surface area contributed by atoms with Crippen molar-refractivity contribution in [2.75, 3.05) is 18.5 Å². The second kappa shape index (κ2) is 6.86. The van der Waals surface area contributed by atoms with Gasteiger partial charge in [-0.1, -0.05) is 42.7 Å². The van der Waals surface area contributed by atoms with Crippen LogP contribution in [0.2, 0.25) is 0 Å². The molecule has 0 radical (unpaired) electrons. The van der Waals surface area contributed by atoms with Gasteiger partial charge in [0, 0.05) is 30.2 Å². The second-order valence-corrected chi connectivity index (χ2v) is 9.54. The van der Waals surface area contributed by atoms with Crippen LogP contribution in [0.3, 0.4) is 0 Å². The number of aliphatic hydroxyl groups is 1. The van der Waals surface area contributed by atoms with Gasteiger partial charge in [0.25, 0.3) is 0 Å². The van der Waals surface area contributed by atoms with Crippen LogP contribution in [0.5, 0.6) is 0 Å². The summed E-state index contributed by atoms with van der Waals surface area (Å²) in [7, 11) is 2.11. The summed E-state index contributed by atoms with van der Waals surface area (Å²) in [5.74, 6) is -1.22. The summed E-state index contributed by atoms with van der Waals surface area (Å²) in [5, 5.41) is 21.6. The lowest BCUT2D eigenvalue weighted by atomic mass is 9.85. The van der Waals surface area contributed by atoms with Gasteiger partial charge in [0.05, 0.1) is 16.7 Å². The minimum atomic E-state index is -1.57. The molecule has 0 unspecified atom stereocenters. The predicted molar refractivity (Wildman–Crippen MR) is 124 cm³/mol. The maximum atomic E-state index is 11.9. The molecule has 1 aliphatic heterocycles. The molecule has 2 N–H and O–H groups in total. The average Bonchev–Trinajstić information content (AvgIpc) is 3.31. The van der Waals surface area contributed by atoms with E-state index in [1.54, 1.807) is 0 Å². The van der Waals surface area contributed by atoms with Gasteiger partial charge >= 0.3 is 5.97 Å². The van der Waals surface area contributed by atoms with Crippen molar-refractivity contribution in [1.29, 1.82) is 0 Å². The number of aliphatic carboxylic acids is 1. The number of nitrogens with zero attached hydrogens (tertiary/aromatic N) is 2. The second-order valence-electron chi connectivity index (χ2n) is 9.54. The van der Waals surface area contributed by atoms with E-state index in [2.05, 4.69) is 29.5 Å². The third-order valence-electron chi connectivity index (χ3n) is 7.48. The third-order valence-corrected chi connectivity index (χ3v) is 7.48. The molecule has 2 heterocycles. The zero-order valence-electron chi connectivity index (χ0n) is 18.7. The smallest absolute Gasteiger partial charge is 0.337 e. The van der Waals surface area contributed by atoms with Gasteiger partial charge in [-0.3, -0.25) is 0 Å².